The van der Waals surface area contributed by atoms with Crippen LogP contribution in [-0.4, -0.2) is 6.36 Å². The molecular formula is C9H9F3OS. The lowest BCUT2D eigenvalue weighted by atomic mass is 10.1. The molecule has 1 rings (SSSR count). The quantitative estimate of drug-likeness (QED) is 0.754. The van der Waals surface area contributed by atoms with Crippen LogP contribution in [0.25, 0.3) is 0 Å². The number of aryl methyl sites for hydroxylation is 1. The van der Waals surface area contributed by atoms with Gasteiger partial charge in [-0.25, -0.2) is 0 Å². The fourth-order valence-electron chi connectivity index (χ4n) is 1.06. The zero-order chi connectivity index (χ0) is 10.8. The van der Waals surface area contributed by atoms with Gasteiger partial charge < -0.3 is 4.74 Å². The Morgan fingerprint density at radius 2 is 2.00 bits per heavy atom. The van der Waals surface area contributed by atoms with Crippen molar-refractivity contribution in [3.05, 3.63) is 23.8 Å². The standard InChI is InChI=1S/C9H9F3OS/c1-2-6-4-3-5-7(8(6)14)13-9(10,11)12/h3-5,14H,2H2,1H3. The lowest BCUT2D eigenvalue weighted by Crippen LogP contribution is -2.17. The van der Waals surface area contributed by atoms with Crippen molar-refractivity contribution in [1.29, 1.82) is 0 Å². The first-order chi connectivity index (χ1) is 6.44. The lowest BCUT2D eigenvalue weighted by molar-refractivity contribution is -0.275. The van der Waals surface area contributed by atoms with Crippen molar-refractivity contribution in [2.45, 2.75) is 24.6 Å². The van der Waals surface area contributed by atoms with E-state index >= 15 is 0 Å². The van der Waals surface area contributed by atoms with Crippen LogP contribution < -0.4 is 4.74 Å². The Kier molecular flexibility index (Phi) is 3.31. The van der Waals surface area contributed by atoms with E-state index < -0.39 is 6.36 Å². The normalized spacial score (nSPS) is 11.5. The maximum absolute atomic E-state index is 11.9. The molecule has 0 aliphatic heterocycles. The molecule has 14 heavy (non-hydrogen) atoms. The zero-order valence-corrected chi connectivity index (χ0v) is 8.32. The van der Waals surface area contributed by atoms with Crippen LogP contribution in [-0.2, 0) is 6.42 Å². The van der Waals surface area contributed by atoms with Gasteiger partial charge in [0.25, 0.3) is 0 Å². The van der Waals surface area contributed by atoms with Gasteiger partial charge in [0, 0.05) is 4.90 Å². The van der Waals surface area contributed by atoms with Gasteiger partial charge in [-0.05, 0) is 18.1 Å². The highest BCUT2D eigenvalue weighted by Gasteiger charge is 2.31. The molecule has 1 aromatic carbocycles. The Morgan fingerprint density at radius 1 is 1.36 bits per heavy atom. The molecule has 0 spiro atoms. The van der Waals surface area contributed by atoms with Crippen LogP contribution in [0.5, 0.6) is 5.75 Å². The van der Waals surface area contributed by atoms with E-state index in [1.807, 2.05) is 6.92 Å². The van der Waals surface area contributed by atoms with Gasteiger partial charge >= 0.3 is 6.36 Å². The lowest BCUT2D eigenvalue weighted by Gasteiger charge is -2.12. The van der Waals surface area contributed by atoms with Gasteiger partial charge in [0.15, 0.2) is 0 Å². The number of ether oxygens (including phenoxy) is 1. The molecule has 0 bridgehead atoms. The van der Waals surface area contributed by atoms with E-state index in [0.717, 1.165) is 5.56 Å². The van der Waals surface area contributed by atoms with Crippen molar-refractivity contribution < 1.29 is 17.9 Å². The fraction of sp³-hybridized carbons (Fsp3) is 0.333. The van der Waals surface area contributed by atoms with Crippen LogP contribution >= 0.6 is 12.6 Å². The average molecular weight is 222 g/mol. The van der Waals surface area contributed by atoms with Crippen molar-refractivity contribution in [3.8, 4) is 5.75 Å². The van der Waals surface area contributed by atoms with Crippen LogP contribution in [0.4, 0.5) is 13.2 Å². The van der Waals surface area contributed by atoms with Crippen LogP contribution in [0.15, 0.2) is 23.1 Å². The minimum absolute atomic E-state index is 0.243. The number of hydrogen-bond acceptors (Lipinski definition) is 2. The molecule has 5 heteroatoms. The van der Waals surface area contributed by atoms with Gasteiger partial charge in [-0.2, -0.15) is 0 Å². The van der Waals surface area contributed by atoms with Crippen molar-refractivity contribution in [2.24, 2.45) is 0 Å². The zero-order valence-electron chi connectivity index (χ0n) is 7.43. The molecule has 0 unspecified atom stereocenters. The summed E-state index contributed by atoms with van der Waals surface area (Å²) in [5, 5.41) is 0. The first-order valence-corrected chi connectivity index (χ1v) is 4.45. The Bertz CT molecular complexity index is 322. The topological polar surface area (TPSA) is 9.23 Å². The molecular weight excluding hydrogens is 213 g/mol. The molecule has 0 radical (unpaired) electrons. The number of halogens is 3. The summed E-state index contributed by atoms with van der Waals surface area (Å²) in [6, 6.07) is 4.47. The van der Waals surface area contributed by atoms with Gasteiger partial charge in [0.05, 0.1) is 0 Å². The predicted octanol–water partition coefficient (Wildman–Crippen LogP) is 3.44. The van der Waals surface area contributed by atoms with Gasteiger partial charge in [-0.3, -0.25) is 0 Å². The molecule has 0 amide bonds. The molecule has 0 aliphatic carbocycles. The third kappa shape index (κ3) is 2.83. The molecule has 0 aromatic heterocycles. The molecule has 0 fully saturated rings. The molecule has 0 atom stereocenters. The summed E-state index contributed by atoms with van der Waals surface area (Å²) in [6.45, 7) is 1.84. The average Bonchev–Trinajstić information content (AvgIpc) is 2.06. The maximum atomic E-state index is 11.9. The monoisotopic (exact) mass is 222 g/mol. The van der Waals surface area contributed by atoms with E-state index in [1.165, 1.54) is 12.1 Å². The van der Waals surface area contributed by atoms with E-state index in [2.05, 4.69) is 17.4 Å². The van der Waals surface area contributed by atoms with Gasteiger partial charge in [0.1, 0.15) is 5.75 Å². The molecule has 1 aromatic rings. The largest absolute Gasteiger partial charge is 0.573 e. The SMILES string of the molecule is CCc1cccc(OC(F)(F)F)c1S. The van der Waals surface area contributed by atoms with Crippen LogP contribution in [0.1, 0.15) is 12.5 Å². The minimum atomic E-state index is -4.66. The van der Waals surface area contributed by atoms with Gasteiger partial charge in [-0.1, -0.05) is 19.1 Å². The molecule has 0 saturated carbocycles. The van der Waals surface area contributed by atoms with Crippen LogP contribution in [0.2, 0.25) is 0 Å². The third-order valence-corrected chi connectivity index (χ3v) is 2.20. The highest BCUT2D eigenvalue weighted by molar-refractivity contribution is 7.80. The Hall–Kier alpha value is -0.840. The van der Waals surface area contributed by atoms with E-state index in [-0.39, 0.29) is 10.6 Å². The van der Waals surface area contributed by atoms with E-state index in [0.29, 0.717) is 6.42 Å². The van der Waals surface area contributed by atoms with E-state index in [4.69, 9.17) is 0 Å². The van der Waals surface area contributed by atoms with Gasteiger partial charge in [-0.15, -0.1) is 25.8 Å². The molecule has 0 N–H and O–H groups in total. The predicted molar refractivity (Wildman–Crippen MR) is 49.8 cm³/mol. The number of thiol groups is 1. The molecule has 0 aliphatic rings. The van der Waals surface area contributed by atoms with Crippen LogP contribution in [0, 0.1) is 0 Å². The minimum Gasteiger partial charge on any atom is -0.405 e. The smallest absolute Gasteiger partial charge is 0.405 e. The highest BCUT2D eigenvalue weighted by atomic mass is 32.1. The number of rotatable bonds is 2. The summed E-state index contributed by atoms with van der Waals surface area (Å²) in [5.74, 6) is -0.250. The number of hydrogen-bond donors (Lipinski definition) is 1. The summed E-state index contributed by atoms with van der Waals surface area (Å²) in [4.78, 5) is 0.243. The Balaban J connectivity index is 2.98. The summed E-state index contributed by atoms with van der Waals surface area (Å²) in [6.07, 6.45) is -4.04. The van der Waals surface area contributed by atoms with Crippen LogP contribution in [0.3, 0.4) is 0 Å². The Labute approximate surface area is 85.3 Å². The summed E-state index contributed by atoms with van der Waals surface area (Å²) in [5.41, 5.74) is 0.732. The second kappa shape index (κ2) is 4.13. The second-order valence-electron chi connectivity index (χ2n) is 2.67. The van der Waals surface area contributed by atoms with Crippen molar-refractivity contribution in [3.63, 3.8) is 0 Å². The Morgan fingerprint density at radius 3 is 2.50 bits per heavy atom. The fourth-order valence-corrected chi connectivity index (χ4v) is 1.41. The first kappa shape index (κ1) is 11.2. The highest BCUT2D eigenvalue weighted by Crippen LogP contribution is 2.31. The summed E-state index contributed by atoms with van der Waals surface area (Å²) in [7, 11) is 0. The van der Waals surface area contributed by atoms with Crippen molar-refractivity contribution in [2.75, 3.05) is 0 Å². The summed E-state index contributed by atoms with van der Waals surface area (Å²) >= 11 is 3.98. The number of benzene rings is 1. The van der Waals surface area contributed by atoms with Gasteiger partial charge in [0.2, 0.25) is 0 Å². The molecule has 0 heterocycles. The van der Waals surface area contributed by atoms with E-state index in [1.54, 1.807) is 6.07 Å². The third-order valence-electron chi connectivity index (χ3n) is 1.69. The number of alkyl halides is 3. The maximum Gasteiger partial charge on any atom is 0.573 e. The first-order valence-electron chi connectivity index (χ1n) is 4.00. The van der Waals surface area contributed by atoms with Crippen molar-refractivity contribution >= 4 is 12.6 Å². The molecule has 78 valence electrons. The molecule has 1 nitrogen and oxygen atoms in total. The van der Waals surface area contributed by atoms with E-state index in [9.17, 15) is 13.2 Å². The summed E-state index contributed by atoms with van der Waals surface area (Å²) < 4.78 is 39.5. The second-order valence-corrected chi connectivity index (χ2v) is 3.11. The van der Waals surface area contributed by atoms with Crippen molar-refractivity contribution in [1.82, 2.24) is 0 Å². The molecule has 0 saturated heterocycles.